The van der Waals surface area contributed by atoms with Crippen molar-refractivity contribution in [2.75, 3.05) is 38.3 Å². The van der Waals surface area contributed by atoms with Crippen LogP contribution in [0.4, 0.5) is 10.5 Å². The highest BCUT2D eigenvalue weighted by Crippen LogP contribution is 2.22. The van der Waals surface area contributed by atoms with E-state index in [0.717, 1.165) is 37.6 Å². The number of hydrogen-bond donors (Lipinski definition) is 2. The maximum absolute atomic E-state index is 12.4. The second-order valence-electron chi connectivity index (χ2n) is 4.73. The van der Waals surface area contributed by atoms with Gasteiger partial charge in [0.05, 0.1) is 18.8 Å². The second-order valence-corrected chi connectivity index (χ2v) is 4.73. The third-order valence-corrected chi connectivity index (χ3v) is 3.60. The molecular weight excluding hydrogens is 280 g/mol. The summed E-state index contributed by atoms with van der Waals surface area (Å²) >= 11 is 0. The molecule has 2 N–H and O–H groups in total. The van der Waals surface area contributed by atoms with Crippen molar-refractivity contribution in [3.8, 4) is 5.75 Å². The topological polar surface area (TPSA) is 56.8 Å². The molecule has 0 radical (unpaired) electrons. The van der Waals surface area contributed by atoms with Crippen molar-refractivity contribution < 1.29 is 9.53 Å². The molecule has 20 heavy (non-hydrogen) atoms. The summed E-state index contributed by atoms with van der Waals surface area (Å²) in [5, 5.41) is 4.92. The van der Waals surface area contributed by atoms with Gasteiger partial charge in [0.1, 0.15) is 5.75 Å². The summed E-state index contributed by atoms with van der Waals surface area (Å²) in [6, 6.07) is 7.74. The van der Waals surface area contributed by atoms with Crippen molar-refractivity contribution in [3.63, 3.8) is 0 Å². The number of urea groups is 1. The maximum atomic E-state index is 12.4. The lowest BCUT2D eigenvalue weighted by atomic mass is 10.2. The molecule has 1 atom stereocenters. The van der Waals surface area contributed by atoms with Crippen LogP contribution in [0.2, 0.25) is 0 Å². The summed E-state index contributed by atoms with van der Waals surface area (Å²) < 4.78 is 5.13. The van der Waals surface area contributed by atoms with Crippen molar-refractivity contribution in [2.45, 2.75) is 6.04 Å². The van der Waals surface area contributed by atoms with E-state index in [2.05, 4.69) is 10.7 Å². The summed E-state index contributed by atoms with van der Waals surface area (Å²) in [6.45, 7) is 3.25. The van der Waals surface area contributed by atoms with E-state index in [4.69, 9.17) is 4.74 Å². The van der Waals surface area contributed by atoms with Crippen molar-refractivity contribution in [3.05, 3.63) is 24.3 Å². The van der Waals surface area contributed by atoms with Gasteiger partial charge in [-0.3, -0.25) is 0 Å². The van der Waals surface area contributed by atoms with E-state index in [1.165, 1.54) is 0 Å². The SMILES string of the molecule is COc1ccc(N2NCC3CNCCN3C2=O)cc1.Cl. The van der Waals surface area contributed by atoms with Gasteiger partial charge < -0.3 is 15.0 Å². The maximum Gasteiger partial charge on any atom is 0.339 e. The van der Waals surface area contributed by atoms with E-state index in [1.54, 1.807) is 12.1 Å². The quantitative estimate of drug-likeness (QED) is 0.849. The molecule has 7 heteroatoms. The predicted octanol–water partition coefficient (Wildman–Crippen LogP) is 0.835. The Labute approximate surface area is 124 Å². The first kappa shape index (κ1) is 14.9. The first-order chi connectivity index (χ1) is 9.29. The van der Waals surface area contributed by atoms with Crippen molar-refractivity contribution in [1.29, 1.82) is 0 Å². The summed E-state index contributed by atoms with van der Waals surface area (Å²) in [4.78, 5) is 14.4. The average molecular weight is 299 g/mol. The number of methoxy groups -OCH3 is 1. The molecule has 2 fully saturated rings. The van der Waals surface area contributed by atoms with Crippen molar-refractivity contribution >= 4 is 24.1 Å². The lowest BCUT2D eigenvalue weighted by Gasteiger charge is -2.44. The molecule has 110 valence electrons. The molecule has 0 aromatic heterocycles. The lowest BCUT2D eigenvalue weighted by Crippen LogP contribution is -2.68. The number of nitrogens with one attached hydrogen (secondary N) is 2. The van der Waals surface area contributed by atoms with Gasteiger partial charge in [-0.15, -0.1) is 12.4 Å². The van der Waals surface area contributed by atoms with Gasteiger partial charge in [-0.1, -0.05) is 0 Å². The third-order valence-electron chi connectivity index (χ3n) is 3.60. The standard InChI is InChI=1S/C13H18N4O2.ClH/c1-19-12-4-2-10(3-5-12)17-13(18)16-7-6-14-8-11(16)9-15-17;/h2-5,11,14-15H,6-9H2,1H3;1H. The number of carbonyl (C=O) groups excluding carboxylic acids is 1. The molecule has 0 bridgehead atoms. The molecule has 1 aromatic rings. The van der Waals surface area contributed by atoms with E-state index in [1.807, 2.05) is 29.2 Å². The number of hydrazine groups is 1. The Morgan fingerprint density at radius 1 is 1.25 bits per heavy atom. The van der Waals surface area contributed by atoms with E-state index in [-0.39, 0.29) is 24.5 Å². The fourth-order valence-corrected chi connectivity index (χ4v) is 2.52. The molecular formula is C13H19ClN4O2. The first-order valence-electron chi connectivity index (χ1n) is 6.48. The highest BCUT2D eigenvalue weighted by Gasteiger charge is 2.35. The third kappa shape index (κ3) is 2.67. The number of carbonyl (C=O) groups is 1. The molecule has 1 aromatic carbocycles. The molecule has 6 nitrogen and oxygen atoms in total. The average Bonchev–Trinajstić information content (AvgIpc) is 2.48. The van der Waals surface area contributed by atoms with E-state index < -0.39 is 0 Å². The monoisotopic (exact) mass is 298 g/mol. The van der Waals surface area contributed by atoms with Crippen LogP contribution < -0.4 is 20.5 Å². The molecule has 3 rings (SSSR count). The van der Waals surface area contributed by atoms with Crippen LogP contribution in [0.5, 0.6) is 5.75 Å². The Morgan fingerprint density at radius 2 is 2.00 bits per heavy atom. The molecule has 0 saturated carbocycles. The number of anilines is 1. The number of rotatable bonds is 2. The van der Waals surface area contributed by atoms with Crippen molar-refractivity contribution in [2.24, 2.45) is 0 Å². The van der Waals surface area contributed by atoms with Gasteiger partial charge in [0.25, 0.3) is 0 Å². The highest BCUT2D eigenvalue weighted by atomic mass is 35.5. The number of fused-ring (bicyclic) bond motifs is 1. The molecule has 2 amide bonds. The van der Waals surface area contributed by atoms with Gasteiger partial charge in [-0.05, 0) is 24.3 Å². The van der Waals surface area contributed by atoms with Gasteiger partial charge >= 0.3 is 6.03 Å². The smallest absolute Gasteiger partial charge is 0.339 e. The lowest BCUT2D eigenvalue weighted by molar-refractivity contribution is 0.143. The fraction of sp³-hybridized carbons (Fsp3) is 0.462. The summed E-state index contributed by atoms with van der Waals surface area (Å²) in [5.74, 6) is 0.785. The second kappa shape index (κ2) is 6.30. The Hall–Kier alpha value is -1.50. The van der Waals surface area contributed by atoms with Gasteiger partial charge in [0.15, 0.2) is 0 Å². The number of halogens is 1. The zero-order chi connectivity index (χ0) is 13.2. The Morgan fingerprint density at radius 3 is 2.70 bits per heavy atom. The van der Waals surface area contributed by atoms with Gasteiger partial charge in [-0.25, -0.2) is 15.2 Å². The zero-order valence-corrected chi connectivity index (χ0v) is 12.2. The summed E-state index contributed by atoms with van der Waals surface area (Å²) in [5.41, 5.74) is 4.02. The van der Waals surface area contributed by atoms with Gasteiger partial charge in [-0.2, -0.15) is 0 Å². The van der Waals surface area contributed by atoms with E-state index >= 15 is 0 Å². The Bertz CT molecular complexity index is 468. The van der Waals surface area contributed by atoms with E-state index in [9.17, 15) is 4.79 Å². The van der Waals surface area contributed by atoms with Crippen LogP contribution in [0, 0.1) is 0 Å². The van der Waals surface area contributed by atoms with Crippen molar-refractivity contribution in [1.82, 2.24) is 15.6 Å². The van der Waals surface area contributed by atoms with Crippen LogP contribution in [0.15, 0.2) is 24.3 Å². The van der Waals surface area contributed by atoms with Crippen LogP contribution in [-0.4, -0.2) is 50.3 Å². The number of hydrogen-bond acceptors (Lipinski definition) is 4. The minimum absolute atomic E-state index is 0. The van der Waals surface area contributed by atoms with Crippen LogP contribution in [0.25, 0.3) is 0 Å². The van der Waals surface area contributed by atoms with Crippen LogP contribution >= 0.6 is 12.4 Å². The summed E-state index contributed by atoms with van der Waals surface area (Å²) in [7, 11) is 1.63. The first-order valence-corrected chi connectivity index (χ1v) is 6.48. The molecule has 1 unspecified atom stereocenters. The number of piperazine rings is 1. The minimum atomic E-state index is 0. The van der Waals surface area contributed by atoms with Crippen LogP contribution in [0.1, 0.15) is 0 Å². The minimum Gasteiger partial charge on any atom is -0.497 e. The molecule has 0 spiro atoms. The molecule has 2 heterocycles. The number of benzene rings is 1. The predicted molar refractivity (Wildman–Crippen MR) is 79.5 cm³/mol. The Kier molecular flexibility index (Phi) is 4.69. The van der Waals surface area contributed by atoms with Crippen LogP contribution in [0.3, 0.4) is 0 Å². The number of amides is 2. The van der Waals surface area contributed by atoms with Gasteiger partial charge in [0.2, 0.25) is 0 Å². The molecule has 2 aliphatic rings. The zero-order valence-electron chi connectivity index (χ0n) is 11.3. The van der Waals surface area contributed by atoms with Gasteiger partial charge in [0, 0.05) is 26.2 Å². The molecule has 0 aliphatic carbocycles. The normalized spacial score (nSPS) is 22.1. The highest BCUT2D eigenvalue weighted by molar-refractivity contribution is 5.92. The fourth-order valence-electron chi connectivity index (χ4n) is 2.52. The molecule has 2 saturated heterocycles. The Balaban J connectivity index is 0.00000147. The largest absolute Gasteiger partial charge is 0.497 e. The molecule has 2 aliphatic heterocycles. The van der Waals surface area contributed by atoms with Crippen LogP contribution in [-0.2, 0) is 0 Å². The number of ether oxygens (including phenoxy) is 1. The number of nitrogens with zero attached hydrogens (tertiary/aromatic N) is 2. The summed E-state index contributed by atoms with van der Waals surface area (Å²) in [6.07, 6.45) is 0. The van der Waals surface area contributed by atoms with E-state index in [0.29, 0.717) is 0 Å².